The molecule has 0 saturated heterocycles. The van der Waals surface area contributed by atoms with Crippen LogP contribution in [0.25, 0.3) is 0 Å². The van der Waals surface area contributed by atoms with Gasteiger partial charge in [0.25, 0.3) is 0 Å². The normalized spacial score (nSPS) is 13.2. The monoisotopic (exact) mass is 257 g/mol. The summed E-state index contributed by atoms with van der Waals surface area (Å²) in [7, 11) is 1.26. The molecule has 0 rings (SSSR count). The first-order chi connectivity index (χ1) is 7.74. The van der Waals surface area contributed by atoms with Crippen molar-refractivity contribution in [2.45, 2.75) is 31.5 Å². The Balaban J connectivity index is 3.85. The minimum absolute atomic E-state index is 0.126. The zero-order chi connectivity index (χ0) is 13.5. The van der Waals surface area contributed by atoms with Crippen molar-refractivity contribution < 1.29 is 32.6 Å². The number of carboxylic acids is 1. The summed E-state index contributed by atoms with van der Waals surface area (Å²) < 4.78 is 40.1. The molecule has 0 saturated carbocycles. The maximum Gasteiger partial charge on any atom is 0.389 e. The fourth-order valence-corrected chi connectivity index (χ4v) is 1.00. The molecule has 2 N–H and O–H groups in total. The van der Waals surface area contributed by atoms with Crippen LogP contribution in [0.15, 0.2) is 0 Å². The second-order valence-corrected chi connectivity index (χ2v) is 3.37. The number of aliphatic carboxylic acids is 1. The van der Waals surface area contributed by atoms with Crippen LogP contribution in [0, 0.1) is 0 Å². The molecular formula is C9H14F3NO4. The maximum atomic E-state index is 11.8. The van der Waals surface area contributed by atoms with E-state index in [1.807, 2.05) is 0 Å². The third kappa shape index (κ3) is 9.61. The number of hydrogen-bond donors (Lipinski definition) is 2. The molecule has 17 heavy (non-hydrogen) atoms. The lowest BCUT2D eigenvalue weighted by Gasteiger charge is -2.14. The van der Waals surface area contributed by atoms with Crippen LogP contribution in [0.2, 0.25) is 0 Å². The standard InChI is InChI=1S/C9H14F3NO4/c1-17-6(4-8(15)16)5-13-7(14)2-3-9(10,11)12/h6H,2-5H2,1H3,(H,13,14)(H,15,16). The van der Waals surface area contributed by atoms with E-state index in [0.717, 1.165) is 0 Å². The highest BCUT2D eigenvalue weighted by Gasteiger charge is 2.28. The number of nitrogens with one attached hydrogen (secondary N) is 1. The molecule has 8 heteroatoms. The van der Waals surface area contributed by atoms with Gasteiger partial charge in [0.15, 0.2) is 0 Å². The molecule has 0 aromatic rings. The van der Waals surface area contributed by atoms with Gasteiger partial charge in [-0.05, 0) is 0 Å². The summed E-state index contributed by atoms with van der Waals surface area (Å²) in [6, 6.07) is 0. The van der Waals surface area contributed by atoms with Crippen molar-refractivity contribution >= 4 is 11.9 Å². The molecule has 1 unspecified atom stereocenters. The molecule has 1 amide bonds. The van der Waals surface area contributed by atoms with Crippen LogP contribution in [-0.4, -0.2) is 42.9 Å². The number of carboxylic acid groups (broad SMARTS) is 1. The Morgan fingerprint density at radius 1 is 1.41 bits per heavy atom. The van der Waals surface area contributed by atoms with Gasteiger partial charge in [-0.3, -0.25) is 9.59 Å². The van der Waals surface area contributed by atoms with E-state index in [9.17, 15) is 22.8 Å². The Hall–Kier alpha value is -1.31. The van der Waals surface area contributed by atoms with Crippen molar-refractivity contribution in [2.24, 2.45) is 0 Å². The second-order valence-electron chi connectivity index (χ2n) is 3.37. The van der Waals surface area contributed by atoms with Gasteiger partial charge in [-0.15, -0.1) is 0 Å². The number of carbonyl (C=O) groups is 2. The summed E-state index contributed by atoms with van der Waals surface area (Å²) in [5.74, 6) is -1.89. The number of alkyl halides is 3. The van der Waals surface area contributed by atoms with Gasteiger partial charge in [0.2, 0.25) is 5.91 Å². The first kappa shape index (κ1) is 15.7. The number of ether oxygens (including phenoxy) is 1. The predicted octanol–water partition coefficient (Wildman–Crippen LogP) is 0.935. The molecule has 0 aliphatic heterocycles. The Morgan fingerprint density at radius 2 is 2.00 bits per heavy atom. The minimum atomic E-state index is -4.38. The molecule has 0 aliphatic carbocycles. The average Bonchev–Trinajstić information content (AvgIpc) is 2.19. The largest absolute Gasteiger partial charge is 0.481 e. The number of hydrogen-bond acceptors (Lipinski definition) is 3. The van der Waals surface area contributed by atoms with E-state index < -0.39 is 37.0 Å². The fraction of sp³-hybridized carbons (Fsp3) is 0.778. The van der Waals surface area contributed by atoms with Gasteiger partial charge in [0, 0.05) is 20.1 Å². The number of methoxy groups -OCH3 is 1. The molecule has 0 spiro atoms. The zero-order valence-electron chi connectivity index (χ0n) is 9.21. The van der Waals surface area contributed by atoms with Crippen LogP contribution in [0.1, 0.15) is 19.3 Å². The van der Waals surface area contributed by atoms with Gasteiger partial charge in [-0.25, -0.2) is 0 Å². The first-order valence-corrected chi connectivity index (χ1v) is 4.82. The lowest BCUT2D eigenvalue weighted by atomic mass is 10.2. The lowest BCUT2D eigenvalue weighted by molar-refractivity contribution is -0.144. The lowest BCUT2D eigenvalue weighted by Crippen LogP contribution is -2.34. The molecule has 0 aliphatic rings. The molecule has 0 aromatic heterocycles. The van der Waals surface area contributed by atoms with Crippen molar-refractivity contribution in [1.29, 1.82) is 0 Å². The highest BCUT2D eigenvalue weighted by molar-refractivity contribution is 5.76. The van der Waals surface area contributed by atoms with Gasteiger partial charge in [0.05, 0.1) is 18.9 Å². The molecule has 0 aromatic carbocycles. The second kappa shape index (κ2) is 7.10. The van der Waals surface area contributed by atoms with Crippen LogP contribution >= 0.6 is 0 Å². The molecule has 0 bridgehead atoms. The molecule has 1 atom stereocenters. The number of amides is 1. The first-order valence-electron chi connectivity index (χ1n) is 4.82. The van der Waals surface area contributed by atoms with E-state index in [0.29, 0.717) is 0 Å². The maximum absolute atomic E-state index is 11.8. The Morgan fingerprint density at radius 3 is 2.41 bits per heavy atom. The van der Waals surface area contributed by atoms with E-state index >= 15 is 0 Å². The van der Waals surface area contributed by atoms with Crippen molar-refractivity contribution in [3.05, 3.63) is 0 Å². The van der Waals surface area contributed by atoms with Crippen LogP contribution in [0.3, 0.4) is 0 Å². The smallest absolute Gasteiger partial charge is 0.389 e. The van der Waals surface area contributed by atoms with E-state index in [4.69, 9.17) is 9.84 Å². The van der Waals surface area contributed by atoms with E-state index in [1.165, 1.54) is 7.11 Å². The summed E-state index contributed by atoms with van der Waals surface area (Å²) in [6.45, 7) is -0.126. The van der Waals surface area contributed by atoms with Crippen molar-refractivity contribution in [2.75, 3.05) is 13.7 Å². The van der Waals surface area contributed by atoms with Gasteiger partial charge in [-0.2, -0.15) is 13.2 Å². The molecule has 100 valence electrons. The summed E-state index contributed by atoms with van der Waals surface area (Å²) in [6.07, 6.45) is -7.32. The SMILES string of the molecule is COC(CNC(=O)CCC(F)(F)F)CC(=O)O. The summed E-state index contributed by atoms with van der Waals surface area (Å²) in [5, 5.41) is 10.6. The third-order valence-corrected chi connectivity index (χ3v) is 1.90. The Labute approximate surface area is 95.9 Å². The predicted molar refractivity (Wildman–Crippen MR) is 51.3 cm³/mol. The third-order valence-electron chi connectivity index (χ3n) is 1.90. The van der Waals surface area contributed by atoms with Crippen molar-refractivity contribution in [3.8, 4) is 0 Å². The molecule has 5 nitrogen and oxygen atoms in total. The summed E-state index contributed by atoms with van der Waals surface area (Å²) in [5.41, 5.74) is 0. The number of rotatable bonds is 7. The summed E-state index contributed by atoms with van der Waals surface area (Å²) >= 11 is 0. The van der Waals surface area contributed by atoms with Gasteiger partial charge in [-0.1, -0.05) is 0 Å². The number of halogens is 3. The van der Waals surface area contributed by atoms with E-state index in [2.05, 4.69) is 5.32 Å². The van der Waals surface area contributed by atoms with Crippen LogP contribution in [-0.2, 0) is 14.3 Å². The fourth-order valence-electron chi connectivity index (χ4n) is 1.00. The highest BCUT2D eigenvalue weighted by atomic mass is 19.4. The Kier molecular flexibility index (Phi) is 6.55. The van der Waals surface area contributed by atoms with Crippen LogP contribution in [0.5, 0.6) is 0 Å². The topological polar surface area (TPSA) is 75.6 Å². The van der Waals surface area contributed by atoms with E-state index in [-0.39, 0.29) is 13.0 Å². The van der Waals surface area contributed by atoms with Crippen molar-refractivity contribution in [1.82, 2.24) is 5.32 Å². The minimum Gasteiger partial charge on any atom is -0.481 e. The summed E-state index contributed by atoms with van der Waals surface area (Å²) in [4.78, 5) is 21.3. The van der Waals surface area contributed by atoms with Crippen LogP contribution < -0.4 is 5.32 Å². The quantitative estimate of drug-likeness (QED) is 0.711. The van der Waals surface area contributed by atoms with Crippen molar-refractivity contribution in [3.63, 3.8) is 0 Å². The van der Waals surface area contributed by atoms with Gasteiger partial charge in [0.1, 0.15) is 0 Å². The molecular weight excluding hydrogens is 243 g/mol. The molecule has 0 heterocycles. The van der Waals surface area contributed by atoms with E-state index in [1.54, 1.807) is 0 Å². The van der Waals surface area contributed by atoms with Gasteiger partial charge < -0.3 is 15.2 Å². The molecule has 0 fully saturated rings. The highest BCUT2D eigenvalue weighted by Crippen LogP contribution is 2.20. The number of carbonyl (C=O) groups excluding carboxylic acids is 1. The zero-order valence-corrected chi connectivity index (χ0v) is 9.21. The average molecular weight is 257 g/mol. The van der Waals surface area contributed by atoms with Crippen LogP contribution in [0.4, 0.5) is 13.2 Å². The molecule has 0 radical (unpaired) electrons. The van der Waals surface area contributed by atoms with Gasteiger partial charge >= 0.3 is 12.1 Å². The Bertz CT molecular complexity index is 267.